The van der Waals surface area contributed by atoms with Crippen LogP contribution in [0, 0.1) is 10.8 Å². The van der Waals surface area contributed by atoms with Gasteiger partial charge in [0.1, 0.15) is 15.4 Å². The molecule has 1 saturated carbocycles. The maximum Gasteiger partial charge on any atom is 0.324 e. The quantitative estimate of drug-likeness (QED) is 0.166. The van der Waals surface area contributed by atoms with E-state index in [0.29, 0.717) is 11.5 Å². The van der Waals surface area contributed by atoms with Crippen molar-refractivity contribution in [3.63, 3.8) is 0 Å². The van der Waals surface area contributed by atoms with E-state index in [-0.39, 0.29) is 33.6 Å². The summed E-state index contributed by atoms with van der Waals surface area (Å²) in [6.07, 6.45) is 4.52. The van der Waals surface area contributed by atoms with Gasteiger partial charge in [-0.1, -0.05) is 63.6 Å². The minimum absolute atomic E-state index is 0.126. The minimum atomic E-state index is -0.216. The van der Waals surface area contributed by atoms with Gasteiger partial charge in [-0.15, -0.1) is 0 Å². The molecule has 1 aromatic carbocycles. The summed E-state index contributed by atoms with van der Waals surface area (Å²) < 4.78 is 17.1. The Labute approximate surface area is 171 Å². The Kier molecular flexibility index (Phi) is 7.36. The van der Waals surface area contributed by atoms with Crippen LogP contribution >= 0.6 is 22.6 Å². The summed E-state index contributed by atoms with van der Waals surface area (Å²) in [5, 5.41) is 0. The zero-order valence-corrected chi connectivity index (χ0v) is 18.7. The average Bonchev–Trinajstić information content (AvgIpc) is 2.57. The summed E-state index contributed by atoms with van der Waals surface area (Å²) in [6, 6.07) is 7.11. The fraction of sp³-hybridized carbons (Fsp3) is 0.667. The predicted octanol–water partition coefficient (Wildman–Crippen LogP) is 5.76. The second kappa shape index (κ2) is 8.91. The Balaban J connectivity index is 1.87. The highest BCUT2D eigenvalue weighted by Gasteiger charge is 2.44. The van der Waals surface area contributed by atoms with Crippen molar-refractivity contribution in [3.8, 4) is 11.5 Å². The molecular formula is C21H31IO4. The number of benzene rings is 1. The van der Waals surface area contributed by atoms with Crippen LogP contribution in [0.25, 0.3) is 0 Å². The van der Waals surface area contributed by atoms with E-state index in [4.69, 9.17) is 14.2 Å². The normalized spacial score (nSPS) is 20.4. The molecule has 0 aromatic heterocycles. The molecule has 4 nitrogen and oxygen atoms in total. The second-order valence-electron chi connectivity index (χ2n) is 8.41. The highest BCUT2D eigenvalue weighted by atomic mass is 127. The SMILES string of the molecule is CCC(I)C(=O)Oc1ccc(OCOC2C(C)(C)CCCC2(C)C)cc1. The monoisotopic (exact) mass is 474 g/mol. The summed E-state index contributed by atoms with van der Waals surface area (Å²) in [5.74, 6) is 1.03. The number of alkyl halides is 1. The van der Waals surface area contributed by atoms with Gasteiger partial charge in [-0.25, -0.2) is 0 Å². The highest BCUT2D eigenvalue weighted by Crippen LogP contribution is 2.47. The first-order chi connectivity index (χ1) is 12.2. The third-order valence-corrected chi connectivity index (χ3v) is 6.57. The van der Waals surface area contributed by atoms with Crippen LogP contribution < -0.4 is 9.47 Å². The molecule has 0 heterocycles. The second-order valence-corrected chi connectivity index (χ2v) is 9.91. The van der Waals surface area contributed by atoms with Crippen LogP contribution in [-0.2, 0) is 9.53 Å². The summed E-state index contributed by atoms with van der Waals surface area (Å²) in [7, 11) is 0. The Morgan fingerprint density at radius 3 is 2.19 bits per heavy atom. The molecule has 1 fully saturated rings. The van der Waals surface area contributed by atoms with Crippen LogP contribution in [0.1, 0.15) is 60.3 Å². The van der Waals surface area contributed by atoms with E-state index < -0.39 is 0 Å². The van der Waals surface area contributed by atoms with Crippen molar-refractivity contribution in [2.24, 2.45) is 10.8 Å². The van der Waals surface area contributed by atoms with Gasteiger partial charge in [-0.3, -0.25) is 4.79 Å². The molecule has 1 aromatic rings. The van der Waals surface area contributed by atoms with E-state index in [2.05, 4.69) is 50.3 Å². The van der Waals surface area contributed by atoms with E-state index in [9.17, 15) is 4.79 Å². The van der Waals surface area contributed by atoms with E-state index in [1.807, 2.05) is 6.92 Å². The lowest BCUT2D eigenvalue weighted by Gasteiger charge is -2.48. The first-order valence-electron chi connectivity index (χ1n) is 9.36. The van der Waals surface area contributed by atoms with Crippen molar-refractivity contribution in [3.05, 3.63) is 24.3 Å². The van der Waals surface area contributed by atoms with E-state index in [1.165, 1.54) is 19.3 Å². The number of rotatable bonds is 7. The molecule has 0 spiro atoms. The third-order valence-electron chi connectivity index (χ3n) is 5.18. The van der Waals surface area contributed by atoms with Crippen molar-refractivity contribution >= 4 is 28.6 Å². The predicted molar refractivity (Wildman–Crippen MR) is 112 cm³/mol. The maximum absolute atomic E-state index is 11.8. The summed E-state index contributed by atoms with van der Waals surface area (Å²) in [5.41, 5.74) is 0.302. The van der Waals surface area contributed by atoms with Gasteiger partial charge >= 0.3 is 5.97 Å². The number of esters is 1. The molecule has 0 radical (unpaired) electrons. The van der Waals surface area contributed by atoms with Gasteiger partial charge in [0.05, 0.1) is 6.10 Å². The Bertz CT molecular complexity index is 579. The Hall–Kier alpha value is -0.820. The molecule has 0 aliphatic heterocycles. The largest absolute Gasteiger partial charge is 0.468 e. The minimum Gasteiger partial charge on any atom is -0.468 e. The standard InChI is InChI=1S/C21H31IO4/c1-6-17(22)18(23)26-16-10-8-15(9-11-16)24-14-25-19-20(2,3)12-7-13-21(19,4)5/h8-11,17,19H,6-7,12-14H2,1-5H3. The van der Waals surface area contributed by atoms with Gasteiger partial charge < -0.3 is 14.2 Å². The highest BCUT2D eigenvalue weighted by molar-refractivity contribution is 14.1. The fourth-order valence-electron chi connectivity index (χ4n) is 3.89. The van der Waals surface area contributed by atoms with Gasteiger partial charge in [0.25, 0.3) is 0 Å². The molecule has 0 bridgehead atoms. The molecule has 26 heavy (non-hydrogen) atoms. The smallest absolute Gasteiger partial charge is 0.324 e. The van der Waals surface area contributed by atoms with Crippen molar-refractivity contribution in [1.29, 1.82) is 0 Å². The zero-order chi connectivity index (χ0) is 19.4. The van der Waals surface area contributed by atoms with E-state index in [1.54, 1.807) is 24.3 Å². The van der Waals surface area contributed by atoms with Gasteiger partial charge in [-0.05, 0) is 54.4 Å². The Morgan fingerprint density at radius 2 is 1.65 bits per heavy atom. The number of carbonyl (C=O) groups is 1. The van der Waals surface area contributed by atoms with Crippen LogP contribution in [0.15, 0.2) is 24.3 Å². The molecule has 0 saturated heterocycles. The maximum atomic E-state index is 11.8. The molecule has 1 unspecified atom stereocenters. The number of halogens is 1. The van der Waals surface area contributed by atoms with Crippen LogP contribution in [0.5, 0.6) is 11.5 Å². The molecule has 1 aliphatic carbocycles. The molecule has 1 aliphatic rings. The summed E-state index contributed by atoms with van der Waals surface area (Å²) >= 11 is 2.09. The number of hydrogen-bond acceptors (Lipinski definition) is 4. The van der Waals surface area contributed by atoms with Crippen LogP contribution in [0.2, 0.25) is 0 Å². The van der Waals surface area contributed by atoms with Gasteiger partial charge in [0, 0.05) is 0 Å². The van der Waals surface area contributed by atoms with Crippen molar-refractivity contribution in [2.45, 2.75) is 70.3 Å². The van der Waals surface area contributed by atoms with Gasteiger partial charge in [0.15, 0.2) is 6.79 Å². The topological polar surface area (TPSA) is 44.8 Å². The molecule has 0 amide bonds. The lowest BCUT2D eigenvalue weighted by molar-refractivity contribution is -0.155. The molecule has 146 valence electrons. The van der Waals surface area contributed by atoms with Crippen LogP contribution in [-0.4, -0.2) is 22.8 Å². The molecule has 2 rings (SSSR count). The van der Waals surface area contributed by atoms with Crippen LogP contribution in [0.4, 0.5) is 0 Å². The van der Waals surface area contributed by atoms with Crippen molar-refractivity contribution in [2.75, 3.05) is 6.79 Å². The lowest BCUT2D eigenvalue weighted by Crippen LogP contribution is -2.47. The third kappa shape index (κ3) is 5.59. The fourth-order valence-corrected chi connectivity index (χ4v) is 4.02. The van der Waals surface area contributed by atoms with Crippen molar-refractivity contribution < 1.29 is 19.0 Å². The average molecular weight is 474 g/mol. The number of ether oxygens (including phenoxy) is 3. The molecule has 1 atom stereocenters. The first-order valence-corrected chi connectivity index (χ1v) is 10.6. The van der Waals surface area contributed by atoms with Crippen LogP contribution in [0.3, 0.4) is 0 Å². The van der Waals surface area contributed by atoms with E-state index in [0.717, 1.165) is 6.42 Å². The molecule has 0 N–H and O–H groups in total. The Morgan fingerprint density at radius 1 is 1.12 bits per heavy atom. The first kappa shape index (κ1) is 21.5. The van der Waals surface area contributed by atoms with Crippen molar-refractivity contribution in [1.82, 2.24) is 0 Å². The van der Waals surface area contributed by atoms with Gasteiger partial charge in [0.2, 0.25) is 0 Å². The number of hydrogen-bond donors (Lipinski definition) is 0. The lowest BCUT2D eigenvalue weighted by atomic mass is 9.63. The van der Waals surface area contributed by atoms with Gasteiger partial charge in [-0.2, -0.15) is 0 Å². The molecular weight excluding hydrogens is 443 g/mol. The summed E-state index contributed by atoms with van der Waals surface area (Å²) in [6.45, 7) is 11.3. The zero-order valence-electron chi connectivity index (χ0n) is 16.5. The summed E-state index contributed by atoms with van der Waals surface area (Å²) in [4.78, 5) is 11.8. The molecule has 5 heteroatoms. The van der Waals surface area contributed by atoms with E-state index >= 15 is 0 Å². The number of carbonyl (C=O) groups excluding carboxylic acids is 1.